The molecule has 142 valence electrons. The highest BCUT2D eigenvalue weighted by atomic mass is 32.2. The van der Waals surface area contributed by atoms with Gasteiger partial charge in [-0.1, -0.05) is 18.2 Å². The second-order valence-electron chi connectivity index (χ2n) is 7.66. The number of amides is 1. The molecule has 0 spiro atoms. The van der Waals surface area contributed by atoms with Crippen LogP contribution in [-0.2, 0) is 11.3 Å². The first kappa shape index (κ1) is 18.0. The number of fused-ring (bicyclic) bond motifs is 1. The largest absolute Gasteiger partial charge is 0.488 e. The molecular formula is C21H23NO4S. The van der Waals surface area contributed by atoms with Gasteiger partial charge in [0.1, 0.15) is 16.7 Å². The Balaban J connectivity index is 1.51. The van der Waals surface area contributed by atoms with Crippen molar-refractivity contribution in [3.63, 3.8) is 0 Å². The fourth-order valence-electron chi connectivity index (χ4n) is 3.19. The summed E-state index contributed by atoms with van der Waals surface area (Å²) in [5.41, 5.74) is 1.91. The van der Waals surface area contributed by atoms with Gasteiger partial charge in [0.2, 0.25) is 12.7 Å². The molecule has 0 N–H and O–H groups in total. The van der Waals surface area contributed by atoms with E-state index in [0.717, 1.165) is 28.4 Å². The van der Waals surface area contributed by atoms with E-state index >= 15 is 0 Å². The van der Waals surface area contributed by atoms with Gasteiger partial charge in [-0.25, -0.2) is 0 Å². The number of thioether (sulfide) groups is 1. The molecule has 1 unspecified atom stereocenters. The van der Waals surface area contributed by atoms with Gasteiger partial charge in [0.05, 0.1) is 5.75 Å². The van der Waals surface area contributed by atoms with Crippen LogP contribution in [0.1, 0.15) is 37.3 Å². The summed E-state index contributed by atoms with van der Waals surface area (Å²) < 4.78 is 16.7. The summed E-state index contributed by atoms with van der Waals surface area (Å²) in [7, 11) is 0. The van der Waals surface area contributed by atoms with Gasteiger partial charge in [-0.3, -0.25) is 4.79 Å². The Morgan fingerprint density at radius 2 is 1.85 bits per heavy atom. The van der Waals surface area contributed by atoms with Gasteiger partial charge in [0.15, 0.2) is 11.5 Å². The zero-order valence-corrected chi connectivity index (χ0v) is 16.5. The molecule has 0 saturated carbocycles. The topological polar surface area (TPSA) is 48.0 Å². The molecule has 27 heavy (non-hydrogen) atoms. The van der Waals surface area contributed by atoms with Crippen molar-refractivity contribution in [1.29, 1.82) is 0 Å². The van der Waals surface area contributed by atoms with Crippen LogP contribution in [0.5, 0.6) is 17.2 Å². The quantitative estimate of drug-likeness (QED) is 0.782. The molecule has 5 nitrogen and oxygen atoms in total. The van der Waals surface area contributed by atoms with Crippen LogP contribution < -0.4 is 14.2 Å². The summed E-state index contributed by atoms with van der Waals surface area (Å²) in [6.45, 7) is 6.88. The zero-order valence-electron chi connectivity index (χ0n) is 15.7. The normalized spacial score (nSPS) is 18.9. The van der Waals surface area contributed by atoms with Crippen LogP contribution in [0.3, 0.4) is 0 Å². The first-order valence-electron chi connectivity index (χ1n) is 8.98. The van der Waals surface area contributed by atoms with Crippen LogP contribution in [0.15, 0.2) is 42.5 Å². The van der Waals surface area contributed by atoms with E-state index in [4.69, 9.17) is 14.2 Å². The molecule has 0 aliphatic carbocycles. The van der Waals surface area contributed by atoms with Crippen LogP contribution in [0, 0.1) is 0 Å². The minimum atomic E-state index is -0.231. The van der Waals surface area contributed by atoms with Gasteiger partial charge in [0.25, 0.3) is 0 Å². The lowest BCUT2D eigenvalue weighted by molar-refractivity contribution is -0.128. The summed E-state index contributed by atoms with van der Waals surface area (Å²) >= 11 is 1.66. The van der Waals surface area contributed by atoms with E-state index in [9.17, 15) is 4.79 Å². The fourth-order valence-corrected chi connectivity index (χ4v) is 4.38. The second-order valence-corrected chi connectivity index (χ2v) is 8.72. The Morgan fingerprint density at radius 1 is 1.11 bits per heavy atom. The molecular weight excluding hydrogens is 362 g/mol. The summed E-state index contributed by atoms with van der Waals surface area (Å²) in [5.74, 6) is 2.98. The van der Waals surface area contributed by atoms with Crippen molar-refractivity contribution in [3.8, 4) is 17.2 Å². The molecule has 1 fully saturated rings. The molecule has 2 aliphatic heterocycles. The molecule has 2 aromatic carbocycles. The van der Waals surface area contributed by atoms with Crippen LogP contribution >= 0.6 is 11.8 Å². The number of carbonyl (C=O) groups is 1. The number of nitrogens with zero attached hydrogens (tertiary/aromatic N) is 1. The molecule has 2 aliphatic rings. The van der Waals surface area contributed by atoms with Gasteiger partial charge in [-0.15, -0.1) is 11.8 Å². The summed E-state index contributed by atoms with van der Waals surface area (Å²) in [4.78, 5) is 14.4. The van der Waals surface area contributed by atoms with E-state index in [0.29, 0.717) is 12.3 Å². The third-order valence-electron chi connectivity index (χ3n) is 4.35. The highest BCUT2D eigenvalue weighted by molar-refractivity contribution is 8.00. The first-order chi connectivity index (χ1) is 12.9. The molecule has 6 heteroatoms. The highest BCUT2D eigenvalue weighted by Gasteiger charge is 2.33. The van der Waals surface area contributed by atoms with Crippen molar-refractivity contribution in [2.75, 3.05) is 12.5 Å². The minimum absolute atomic E-state index is 0.00612. The lowest BCUT2D eigenvalue weighted by Gasteiger charge is -2.25. The predicted molar refractivity (Wildman–Crippen MR) is 105 cm³/mol. The fraction of sp³-hybridized carbons (Fsp3) is 0.381. The average Bonchev–Trinajstić information content (AvgIpc) is 3.21. The van der Waals surface area contributed by atoms with Crippen LogP contribution in [0.4, 0.5) is 0 Å². The maximum Gasteiger partial charge on any atom is 0.234 e. The predicted octanol–water partition coefficient (Wildman–Crippen LogP) is 4.37. The number of ether oxygens (including phenoxy) is 3. The maximum absolute atomic E-state index is 12.5. The van der Waals surface area contributed by atoms with Crippen LogP contribution in [0.25, 0.3) is 0 Å². The molecule has 4 rings (SSSR count). The Labute approximate surface area is 163 Å². The number of hydrogen-bond donors (Lipinski definition) is 0. The number of carbonyl (C=O) groups excluding carboxylic acids is 1. The number of rotatable bonds is 4. The summed E-state index contributed by atoms with van der Waals surface area (Å²) in [6.07, 6.45) is 0. The number of hydrogen-bond acceptors (Lipinski definition) is 5. The summed E-state index contributed by atoms with van der Waals surface area (Å²) in [6, 6.07) is 13.9. The van der Waals surface area contributed by atoms with Crippen LogP contribution in [0.2, 0.25) is 0 Å². The smallest absolute Gasteiger partial charge is 0.234 e. The zero-order chi connectivity index (χ0) is 19.0. The Kier molecular flexibility index (Phi) is 4.68. The molecule has 0 radical (unpaired) electrons. The standard InChI is InChI=1S/C21H23NO4S/c1-21(2,3)26-16-7-5-15(6-8-16)20-22(19(23)12-27-20)11-14-4-9-17-18(10-14)25-13-24-17/h4-10,20H,11-13H2,1-3H3. The first-order valence-corrected chi connectivity index (χ1v) is 10.0. The lowest BCUT2D eigenvalue weighted by Crippen LogP contribution is -2.27. The van der Waals surface area contributed by atoms with E-state index in [2.05, 4.69) is 0 Å². The van der Waals surface area contributed by atoms with Gasteiger partial charge in [0, 0.05) is 6.54 Å². The Hall–Kier alpha value is -2.34. The van der Waals surface area contributed by atoms with Crippen molar-refractivity contribution >= 4 is 17.7 Å². The van der Waals surface area contributed by atoms with Crippen LogP contribution in [-0.4, -0.2) is 29.0 Å². The lowest BCUT2D eigenvalue weighted by atomic mass is 10.1. The third-order valence-corrected chi connectivity index (χ3v) is 5.60. The van der Waals surface area contributed by atoms with Crippen molar-refractivity contribution in [2.45, 2.75) is 38.3 Å². The SMILES string of the molecule is CC(C)(C)Oc1ccc(C2SCC(=O)N2Cc2ccc3c(c2)OCO3)cc1. The number of benzene rings is 2. The Morgan fingerprint density at radius 3 is 2.59 bits per heavy atom. The third kappa shape index (κ3) is 4.00. The van der Waals surface area contributed by atoms with E-state index in [1.165, 1.54) is 0 Å². The average molecular weight is 385 g/mol. The molecule has 1 atom stereocenters. The summed E-state index contributed by atoms with van der Waals surface area (Å²) in [5, 5.41) is 0.00612. The second kappa shape index (κ2) is 7.00. The molecule has 2 aromatic rings. The van der Waals surface area contributed by atoms with E-state index in [1.54, 1.807) is 11.8 Å². The van der Waals surface area contributed by atoms with Crippen molar-refractivity contribution in [3.05, 3.63) is 53.6 Å². The van der Waals surface area contributed by atoms with Gasteiger partial charge >= 0.3 is 0 Å². The molecule has 0 aromatic heterocycles. The van der Waals surface area contributed by atoms with E-state index in [1.807, 2.05) is 68.1 Å². The van der Waals surface area contributed by atoms with Gasteiger partial charge < -0.3 is 19.1 Å². The van der Waals surface area contributed by atoms with Crippen molar-refractivity contribution in [2.24, 2.45) is 0 Å². The van der Waals surface area contributed by atoms with Crippen molar-refractivity contribution in [1.82, 2.24) is 4.90 Å². The molecule has 2 heterocycles. The van der Waals surface area contributed by atoms with Crippen molar-refractivity contribution < 1.29 is 19.0 Å². The van der Waals surface area contributed by atoms with E-state index in [-0.39, 0.29) is 23.7 Å². The monoisotopic (exact) mass is 385 g/mol. The van der Waals surface area contributed by atoms with E-state index < -0.39 is 0 Å². The minimum Gasteiger partial charge on any atom is -0.488 e. The Bertz CT molecular complexity index is 844. The van der Waals surface area contributed by atoms with Gasteiger partial charge in [-0.2, -0.15) is 0 Å². The highest BCUT2D eigenvalue weighted by Crippen LogP contribution is 2.41. The molecule has 1 amide bonds. The molecule has 1 saturated heterocycles. The van der Waals surface area contributed by atoms with Gasteiger partial charge in [-0.05, 0) is 56.2 Å². The maximum atomic E-state index is 12.5. The molecule has 0 bridgehead atoms.